The number of amides is 1. The number of aromatic nitrogens is 4. The third kappa shape index (κ3) is 5.22. The normalized spacial score (nSPS) is 10.7. The topological polar surface area (TPSA) is 103 Å². The van der Waals surface area contributed by atoms with Gasteiger partial charge in [0.25, 0.3) is 5.22 Å². The minimum absolute atomic E-state index is 0.126. The van der Waals surface area contributed by atoms with Gasteiger partial charge in [-0.05, 0) is 29.8 Å². The molecule has 4 rings (SSSR count). The zero-order valence-electron chi connectivity index (χ0n) is 15.9. The number of thioether (sulfide) groups is 1. The predicted octanol–water partition coefficient (Wildman–Crippen LogP) is 3.92. The first-order chi connectivity index (χ1) is 14.7. The molecule has 2 aromatic carbocycles. The predicted molar refractivity (Wildman–Crippen MR) is 115 cm³/mol. The van der Waals surface area contributed by atoms with Crippen LogP contribution in [0.5, 0.6) is 5.75 Å². The van der Waals surface area contributed by atoms with Gasteiger partial charge in [-0.15, -0.1) is 20.4 Å². The van der Waals surface area contributed by atoms with Crippen LogP contribution in [-0.2, 0) is 11.2 Å². The van der Waals surface area contributed by atoms with Crippen molar-refractivity contribution in [3.05, 3.63) is 65.2 Å². The molecule has 2 heterocycles. The molecule has 1 amide bonds. The highest BCUT2D eigenvalue weighted by molar-refractivity contribution is 7.99. The standard InChI is InChI=1S/C20H17N5O3S2/c1-27-15-9-5-6-13(10-15)11-17-22-24-19(30-17)21-16(26)12-29-20-25-23-18(28-20)14-7-3-2-4-8-14/h2-10H,11-12H2,1H3,(H,21,24,26). The van der Waals surface area contributed by atoms with Crippen molar-refractivity contribution < 1.29 is 13.9 Å². The number of methoxy groups -OCH3 is 1. The van der Waals surface area contributed by atoms with Crippen molar-refractivity contribution in [2.45, 2.75) is 11.6 Å². The highest BCUT2D eigenvalue weighted by Crippen LogP contribution is 2.24. The summed E-state index contributed by atoms with van der Waals surface area (Å²) < 4.78 is 10.8. The average molecular weight is 440 g/mol. The average Bonchev–Trinajstić information content (AvgIpc) is 3.43. The van der Waals surface area contributed by atoms with Crippen molar-refractivity contribution in [1.29, 1.82) is 0 Å². The Kier molecular flexibility index (Phi) is 6.35. The second-order valence-electron chi connectivity index (χ2n) is 6.11. The fourth-order valence-corrected chi connectivity index (χ4v) is 3.93. The fraction of sp³-hybridized carbons (Fsp3) is 0.150. The van der Waals surface area contributed by atoms with E-state index >= 15 is 0 Å². The summed E-state index contributed by atoms with van der Waals surface area (Å²) >= 11 is 2.50. The van der Waals surface area contributed by atoms with Crippen molar-refractivity contribution in [2.75, 3.05) is 18.2 Å². The number of carbonyl (C=O) groups excluding carboxylic acids is 1. The Labute approximate surface area is 180 Å². The van der Waals surface area contributed by atoms with Gasteiger partial charge >= 0.3 is 0 Å². The molecule has 4 aromatic rings. The molecule has 30 heavy (non-hydrogen) atoms. The van der Waals surface area contributed by atoms with Crippen LogP contribution in [0.15, 0.2) is 64.2 Å². The largest absolute Gasteiger partial charge is 0.497 e. The molecule has 0 unspecified atom stereocenters. The van der Waals surface area contributed by atoms with Crippen LogP contribution in [0, 0.1) is 0 Å². The van der Waals surface area contributed by atoms with Gasteiger partial charge in [0.2, 0.25) is 16.9 Å². The molecule has 0 saturated heterocycles. The van der Waals surface area contributed by atoms with Crippen molar-refractivity contribution in [3.8, 4) is 17.2 Å². The minimum atomic E-state index is -0.219. The van der Waals surface area contributed by atoms with E-state index in [-0.39, 0.29) is 11.7 Å². The van der Waals surface area contributed by atoms with Gasteiger partial charge in [0.1, 0.15) is 10.8 Å². The van der Waals surface area contributed by atoms with Crippen molar-refractivity contribution in [2.24, 2.45) is 0 Å². The maximum atomic E-state index is 12.2. The van der Waals surface area contributed by atoms with Gasteiger partial charge in [-0.25, -0.2) is 0 Å². The van der Waals surface area contributed by atoms with Crippen LogP contribution < -0.4 is 10.1 Å². The molecule has 0 aliphatic carbocycles. The molecule has 10 heteroatoms. The zero-order valence-corrected chi connectivity index (χ0v) is 17.6. The van der Waals surface area contributed by atoms with Crippen LogP contribution in [0.4, 0.5) is 5.13 Å². The Balaban J connectivity index is 1.29. The maximum Gasteiger partial charge on any atom is 0.277 e. The molecule has 0 atom stereocenters. The molecule has 0 saturated carbocycles. The zero-order chi connectivity index (χ0) is 20.8. The second kappa shape index (κ2) is 9.51. The number of nitrogens with zero attached hydrogens (tertiary/aromatic N) is 4. The summed E-state index contributed by atoms with van der Waals surface area (Å²) in [6, 6.07) is 17.2. The molecule has 1 N–H and O–H groups in total. The van der Waals surface area contributed by atoms with E-state index in [0.29, 0.717) is 22.7 Å². The summed E-state index contributed by atoms with van der Waals surface area (Å²) in [5, 5.41) is 20.5. The molecule has 2 aromatic heterocycles. The van der Waals surface area contributed by atoms with E-state index in [1.165, 1.54) is 23.1 Å². The maximum absolute atomic E-state index is 12.2. The highest BCUT2D eigenvalue weighted by Gasteiger charge is 2.13. The first-order valence-electron chi connectivity index (χ1n) is 8.96. The molecule has 0 aliphatic rings. The van der Waals surface area contributed by atoms with Gasteiger partial charge in [-0.1, -0.05) is 53.4 Å². The number of nitrogens with one attached hydrogen (secondary N) is 1. The molecular weight excluding hydrogens is 422 g/mol. The number of anilines is 1. The first-order valence-corrected chi connectivity index (χ1v) is 10.8. The van der Waals surface area contributed by atoms with Crippen molar-refractivity contribution >= 4 is 34.1 Å². The van der Waals surface area contributed by atoms with Crippen molar-refractivity contribution in [1.82, 2.24) is 20.4 Å². The molecule has 8 nitrogen and oxygen atoms in total. The summed E-state index contributed by atoms with van der Waals surface area (Å²) in [5.41, 5.74) is 1.89. The number of hydrogen-bond donors (Lipinski definition) is 1. The Morgan fingerprint density at radius 3 is 2.80 bits per heavy atom. The van der Waals surface area contributed by atoms with Gasteiger partial charge in [0.15, 0.2) is 0 Å². The lowest BCUT2D eigenvalue weighted by molar-refractivity contribution is -0.113. The number of benzene rings is 2. The Morgan fingerprint density at radius 1 is 1.10 bits per heavy atom. The van der Waals surface area contributed by atoms with Crippen LogP contribution in [0.1, 0.15) is 10.6 Å². The third-order valence-electron chi connectivity index (χ3n) is 3.96. The molecule has 0 bridgehead atoms. The van der Waals surface area contributed by atoms with Crippen LogP contribution in [-0.4, -0.2) is 39.2 Å². The summed E-state index contributed by atoms with van der Waals surface area (Å²) in [6.07, 6.45) is 0.615. The Bertz CT molecular complexity index is 1130. The number of carbonyl (C=O) groups is 1. The number of rotatable bonds is 8. The third-order valence-corrected chi connectivity index (χ3v) is 5.61. The van der Waals surface area contributed by atoms with Gasteiger partial charge in [-0.2, -0.15) is 0 Å². The van der Waals surface area contributed by atoms with E-state index in [4.69, 9.17) is 9.15 Å². The number of ether oxygens (including phenoxy) is 1. The van der Waals surface area contributed by atoms with E-state index in [1.54, 1.807) is 7.11 Å². The molecule has 0 spiro atoms. The van der Waals surface area contributed by atoms with Crippen LogP contribution >= 0.6 is 23.1 Å². The summed E-state index contributed by atoms with van der Waals surface area (Å²) in [4.78, 5) is 12.2. The minimum Gasteiger partial charge on any atom is -0.497 e. The van der Waals surface area contributed by atoms with Crippen molar-refractivity contribution in [3.63, 3.8) is 0 Å². The molecule has 0 radical (unpaired) electrons. The smallest absolute Gasteiger partial charge is 0.277 e. The lowest BCUT2D eigenvalue weighted by Crippen LogP contribution is -2.13. The van der Waals surface area contributed by atoms with E-state index in [9.17, 15) is 4.79 Å². The second-order valence-corrected chi connectivity index (χ2v) is 8.09. The quantitative estimate of drug-likeness (QED) is 0.412. The SMILES string of the molecule is COc1cccc(Cc2nnc(NC(=O)CSc3nnc(-c4ccccc4)o3)s2)c1. The molecule has 152 valence electrons. The van der Waals surface area contributed by atoms with Gasteiger partial charge < -0.3 is 9.15 Å². The monoisotopic (exact) mass is 439 g/mol. The lowest BCUT2D eigenvalue weighted by Gasteiger charge is -2.02. The Morgan fingerprint density at radius 2 is 1.97 bits per heavy atom. The van der Waals surface area contributed by atoms with Crippen LogP contribution in [0.25, 0.3) is 11.5 Å². The van der Waals surface area contributed by atoms with E-state index in [0.717, 1.165) is 21.9 Å². The molecule has 0 fully saturated rings. The van der Waals surface area contributed by atoms with Crippen LogP contribution in [0.3, 0.4) is 0 Å². The Hall–Kier alpha value is -3.24. The van der Waals surface area contributed by atoms with E-state index in [2.05, 4.69) is 25.7 Å². The van der Waals surface area contributed by atoms with E-state index in [1.807, 2.05) is 54.6 Å². The molecule has 0 aliphatic heterocycles. The fourth-order valence-electron chi connectivity index (χ4n) is 2.58. The number of hydrogen-bond acceptors (Lipinski definition) is 9. The lowest BCUT2D eigenvalue weighted by atomic mass is 10.1. The van der Waals surface area contributed by atoms with Gasteiger partial charge in [0, 0.05) is 12.0 Å². The summed E-state index contributed by atoms with van der Waals surface area (Å²) in [7, 11) is 1.63. The summed E-state index contributed by atoms with van der Waals surface area (Å²) in [6.45, 7) is 0. The molecular formula is C20H17N5O3S2. The first kappa shape index (κ1) is 20.0. The van der Waals surface area contributed by atoms with E-state index < -0.39 is 0 Å². The summed E-state index contributed by atoms with van der Waals surface area (Å²) in [5.74, 6) is 1.12. The van der Waals surface area contributed by atoms with Crippen LogP contribution in [0.2, 0.25) is 0 Å². The van der Waals surface area contributed by atoms with Gasteiger partial charge in [-0.3, -0.25) is 10.1 Å². The van der Waals surface area contributed by atoms with Gasteiger partial charge in [0.05, 0.1) is 12.9 Å². The highest BCUT2D eigenvalue weighted by atomic mass is 32.2.